The van der Waals surface area contributed by atoms with Gasteiger partial charge in [-0.25, -0.2) is 4.98 Å². The minimum absolute atomic E-state index is 0.398. The molecular weight excluding hydrogens is 256 g/mol. The molecule has 1 aromatic heterocycles. The second kappa shape index (κ2) is 4.27. The van der Waals surface area contributed by atoms with Gasteiger partial charge in [-0.1, -0.05) is 22.0 Å². The molecule has 0 unspecified atom stereocenters. The molecule has 5 heteroatoms. The van der Waals surface area contributed by atoms with E-state index in [2.05, 4.69) is 31.2 Å². The number of aromatic nitrogens is 2. The molecule has 0 radical (unpaired) electrons. The molecule has 0 saturated heterocycles. The standard InChI is InChI=1S/C10H9BrN4/c11-7-2-1-3-8(4-7)14-10-6-13-5-9(12)15-10/h1-6H,(H3,12,14,15). The lowest BCUT2D eigenvalue weighted by atomic mass is 10.3. The maximum atomic E-state index is 5.52. The third kappa shape index (κ3) is 2.66. The van der Waals surface area contributed by atoms with Gasteiger partial charge in [-0.05, 0) is 18.2 Å². The van der Waals surface area contributed by atoms with E-state index in [1.807, 2.05) is 24.3 Å². The van der Waals surface area contributed by atoms with Crippen LogP contribution in [-0.2, 0) is 0 Å². The Morgan fingerprint density at radius 2 is 2.13 bits per heavy atom. The maximum Gasteiger partial charge on any atom is 0.151 e. The van der Waals surface area contributed by atoms with Crippen molar-refractivity contribution in [3.63, 3.8) is 0 Å². The molecule has 0 atom stereocenters. The Labute approximate surface area is 95.7 Å². The van der Waals surface area contributed by atoms with Gasteiger partial charge >= 0.3 is 0 Å². The first-order valence-corrected chi connectivity index (χ1v) is 5.13. The van der Waals surface area contributed by atoms with Crippen LogP contribution in [0.15, 0.2) is 41.1 Å². The fourth-order valence-electron chi connectivity index (χ4n) is 1.16. The van der Waals surface area contributed by atoms with E-state index in [4.69, 9.17) is 5.73 Å². The molecule has 76 valence electrons. The van der Waals surface area contributed by atoms with Crippen LogP contribution in [0.2, 0.25) is 0 Å². The Morgan fingerprint density at radius 3 is 2.87 bits per heavy atom. The topological polar surface area (TPSA) is 63.8 Å². The first-order chi connectivity index (χ1) is 7.24. The first kappa shape index (κ1) is 9.92. The summed E-state index contributed by atoms with van der Waals surface area (Å²) in [6, 6.07) is 7.78. The van der Waals surface area contributed by atoms with Crippen molar-refractivity contribution in [2.45, 2.75) is 0 Å². The fraction of sp³-hybridized carbons (Fsp3) is 0. The number of hydrogen-bond donors (Lipinski definition) is 2. The molecule has 0 aliphatic rings. The molecule has 1 aromatic carbocycles. The van der Waals surface area contributed by atoms with Crippen LogP contribution in [0.1, 0.15) is 0 Å². The molecule has 1 heterocycles. The van der Waals surface area contributed by atoms with Crippen molar-refractivity contribution in [2.75, 3.05) is 11.1 Å². The quantitative estimate of drug-likeness (QED) is 0.875. The largest absolute Gasteiger partial charge is 0.382 e. The Balaban J connectivity index is 2.22. The molecule has 0 spiro atoms. The van der Waals surface area contributed by atoms with Crippen molar-refractivity contribution in [3.8, 4) is 0 Å². The Bertz CT molecular complexity index is 429. The van der Waals surface area contributed by atoms with Crippen LogP contribution in [0.4, 0.5) is 17.3 Å². The highest BCUT2D eigenvalue weighted by Crippen LogP contribution is 2.18. The summed E-state index contributed by atoms with van der Waals surface area (Å²) < 4.78 is 1.00. The highest BCUT2D eigenvalue weighted by Gasteiger charge is 1.97. The normalized spacial score (nSPS) is 9.93. The lowest BCUT2D eigenvalue weighted by molar-refractivity contribution is 1.21. The molecule has 15 heavy (non-hydrogen) atoms. The Kier molecular flexibility index (Phi) is 2.82. The van der Waals surface area contributed by atoms with Crippen molar-refractivity contribution in [1.29, 1.82) is 0 Å². The van der Waals surface area contributed by atoms with Crippen LogP contribution >= 0.6 is 15.9 Å². The lowest BCUT2D eigenvalue weighted by Crippen LogP contribution is -1.97. The average Bonchev–Trinajstić information content (AvgIpc) is 2.17. The van der Waals surface area contributed by atoms with Gasteiger partial charge in [0.1, 0.15) is 5.82 Å². The van der Waals surface area contributed by atoms with Crippen LogP contribution in [-0.4, -0.2) is 9.97 Å². The number of benzene rings is 1. The lowest BCUT2D eigenvalue weighted by Gasteiger charge is -2.05. The first-order valence-electron chi connectivity index (χ1n) is 4.34. The van der Waals surface area contributed by atoms with Crippen LogP contribution in [0.25, 0.3) is 0 Å². The van der Waals surface area contributed by atoms with E-state index in [0.717, 1.165) is 10.2 Å². The van der Waals surface area contributed by atoms with E-state index in [0.29, 0.717) is 11.6 Å². The van der Waals surface area contributed by atoms with Gasteiger partial charge in [0.2, 0.25) is 0 Å². The van der Waals surface area contributed by atoms with Crippen molar-refractivity contribution in [2.24, 2.45) is 0 Å². The van der Waals surface area contributed by atoms with Gasteiger partial charge in [-0.3, -0.25) is 4.98 Å². The molecule has 0 aliphatic carbocycles. The third-order valence-corrected chi connectivity index (χ3v) is 2.24. The van der Waals surface area contributed by atoms with E-state index >= 15 is 0 Å². The monoisotopic (exact) mass is 264 g/mol. The Morgan fingerprint density at radius 1 is 1.27 bits per heavy atom. The van der Waals surface area contributed by atoms with Gasteiger partial charge in [0, 0.05) is 10.2 Å². The summed E-state index contributed by atoms with van der Waals surface area (Å²) in [5.74, 6) is 1.03. The number of anilines is 3. The average molecular weight is 265 g/mol. The number of nitrogens with zero attached hydrogens (tertiary/aromatic N) is 2. The number of nitrogens with two attached hydrogens (primary N) is 1. The number of rotatable bonds is 2. The van der Waals surface area contributed by atoms with Crippen LogP contribution in [0.3, 0.4) is 0 Å². The number of nitrogens with one attached hydrogen (secondary N) is 1. The van der Waals surface area contributed by atoms with E-state index in [1.165, 1.54) is 6.20 Å². The van der Waals surface area contributed by atoms with E-state index in [9.17, 15) is 0 Å². The highest BCUT2D eigenvalue weighted by atomic mass is 79.9. The molecule has 0 amide bonds. The number of nitrogen functional groups attached to an aromatic ring is 1. The minimum atomic E-state index is 0.398. The third-order valence-electron chi connectivity index (χ3n) is 1.75. The van der Waals surface area contributed by atoms with Gasteiger partial charge in [0.05, 0.1) is 12.4 Å². The molecular formula is C10H9BrN4. The molecule has 2 aromatic rings. The summed E-state index contributed by atoms with van der Waals surface area (Å²) in [6.45, 7) is 0. The smallest absolute Gasteiger partial charge is 0.151 e. The summed E-state index contributed by atoms with van der Waals surface area (Å²) in [7, 11) is 0. The predicted molar refractivity (Wildman–Crippen MR) is 63.9 cm³/mol. The van der Waals surface area contributed by atoms with Gasteiger partial charge < -0.3 is 11.1 Å². The molecule has 0 saturated carbocycles. The summed E-state index contributed by atoms with van der Waals surface area (Å²) in [6.07, 6.45) is 3.13. The maximum absolute atomic E-state index is 5.52. The zero-order valence-corrected chi connectivity index (χ0v) is 9.40. The van der Waals surface area contributed by atoms with Gasteiger partial charge in [-0.15, -0.1) is 0 Å². The van der Waals surface area contributed by atoms with Crippen LogP contribution < -0.4 is 11.1 Å². The molecule has 2 rings (SSSR count). The van der Waals surface area contributed by atoms with Crippen molar-refractivity contribution in [3.05, 3.63) is 41.1 Å². The summed E-state index contributed by atoms with van der Waals surface area (Å²) in [5, 5.41) is 3.10. The second-order valence-corrected chi connectivity index (χ2v) is 3.88. The van der Waals surface area contributed by atoms with Gasteiger partial charge in [-0.2, -0.15) is 0 Å². The van der Waals surface area contributed by atoms with Gasteiger partial charge in [0.25, 0.3) is 0 Å². The summed E-state index contributed by atoms with van der Waals surface area (Å²) >= 11 is 3.39. The number of hydrogen-bond acceptors (Lipinski definition) is 4. The zero-order valence-electron chi connectivity index (χ0n) is 7.81. The highest BCUT2D eigenvalue weighted by molar-refractivity contribution is 9.10. The Hall–Kier alpha value is -1.62. The molecule has 0 bridgehead atoms. The van der Waals surface area contributed by atoms with E-state index in [-0.39, 0.29) is 0 Å². The van der Waals surface area contributed by atoms with Crippen molar-refractivity contribution >= 4 is 33.3 Å². The molecule has 0 fully saturated rings. The van der Waals surface area contributed by atoms with E-state index in [1.54, 1.807) is 6.20 Å². The number of halogens is 1. The summed E-state index contributed by atoms with van der Waals surface area (Å²) in [4.78, 5) is 8.03. The predicted octanol–water partition coefficient (Wildman–Crippen LogP) is 2.56. The van der Waals surface area contributed by atoms with Crippen LogP contribution in [0.5, 0.6) is 0 Å². The zero-order chi connectivity index (χ0) is 10.7. The van der Waals surface area contributed by atoms with E-state index < -0.39 is 0 Å². The SMILES string of the molecule is Nc1cncc(Nc2cccc(Br)c2)n1. The van der Waals surface area contributed by atoms with Crippen molar-refractivity contribution < 1.29 is 0 Å². The minimum Gasteiger partial charge on any atom is -0.382 e. The fourth-order valence-corrected chi connectivity index (χ4v) is 1.55. The summed E-state index contributed by atoms with van der Waals surface area (Å²) in [5.41, 5.74) is 6.45. The molecule has 4 nitrogen and oxygen atoms in total. The van der Waals surface area contributed by atoms with Crippen LogP contribution in [0, 0.1) is 0 Å². The second-order valence-electron chi connectivity index (χ2n) is 2.96. The van der Waals surface area contributed by atoms with Crippen molar-refractivity contribution in [1.82, 2.24) is 9.97 Å². The van der Waals surface area contributed by atoms with Gasteiger partial charge in [0.15, 0.2) is 5.82 Å². The molecule has 0 aliphatic heterocycles. The molecule has 3 N–H and O–H groups in total.